The van der Waals surface area contributed by atoms with Crippen LogP contribution in [0.25, 0.3) is 0 Å². The summed E-state index contributed by atoms with van der Waals surface area (Å²) in [6, 6.07) is 22.6. The lowest BCUT2D eigenvalue weighted by Gasteiger charge is -2.32. The minimum Gasteiger partial charge on any atom is -0.497 e. The fourth-order valence-electron chi connectivity index (χ4n) is 5.44. The molecule has 0 radical (unpaired) electrons. The van der Waals surface area contributed by atoms with Crippen molar-refractivity contribution in [2.24, 2.45) is 0 Å². The van der Waals surface area contributed by atoms with E-state index in [-0.39, 0.29) is 29.7 Å². The second-order valence-electron chi connectivity index (χ2n) is 11.0. The van der Waals surface area contributed by atoms with Gasteiger partial charge in [-0.15, -0.1) is 0 Å². The van der Waals surface area contributed by atoms with Crippen molar-refractivity contribution in [3.05, 3.63) is 107 Å². The van der Waals surface area contributed by atoms with Gasteiger partial charge in [0.25, 0.3) is 0 Å². The number of nitrogens with one attached hydrogen (secondary N) is 2. The molecule has 234 valence electrons. The molecule has 0 saturated carbocycles. The van der Waals surface area contributed by atoms with Crippen molar-refractivity contribution in [3.8, 4) is 5.75 Å². The van der Waals surface area contributed by atoms with Crippen LogP contribution in [0.1, 0.15) is 68.2 Å². The number of hydrogen-bond donors (Lipinski definition) is 2. The molecule has 0 heterocycles. The van der Waals surface area contributed by atoms with Crippen LogP contribution in [-0.4, -0.2) is 45.3 Å². The highest BCUT2D eigenvalue weighted by atomic mass is 32.2. The molecular formula is C35H43N3O5S. The zero-order valence-corrected chi connectivity index (χ0v) is 26.4. The molecule has 0 fully saturated rings. The molecule has 4 rings (SSSR count). The Bertz CT molecular complexity index is 1500. The Morgan fingerprint density at radius 3 is 2.25 bits per heavy atom. The molecule has 1 aliphatic rings. The van der Waals surface area contributed by atoms with E-state index in [1.165, 1.54) is 18.4 Å². The van der Waals surface area contributed by atoms with Gasteiger partial charge in [0.15, 0.2) is 0 Å². The van der Waals surface area contributed by atoms with Crippen molar-refractivity contribution in [3.63, 3.8) is 0 Å². The topological polar surface area (TPSA) is 105 Å². The molecule has 0 aliphatic heterocycles. The van der Waals surface area contributed by atoms with E-state index in [9.17, 15) is 18.0 Å². The molecule has 0 spiro atoms. The van der Waals surface area contributed by atoms with E-state index >= 15 is 0 Å². The number of allylic oxidation sites excluding steroid dienone is 1. The molecule has 1 atom stereocenters. The number of nitrogens with zero attached hydrogens (tertiary/aromatic N) is 1. The number of benzene rings is 3. The Balaban J connectivity index is 1.56. The summed E-state index contributed by atoms with van der Waals surface area (Å²) in [7, 11) is -1.96. The Morgan fingerprint density at radius 2 is 1.61 bits per heavy atom. The molecule has 2 N–H and O–H groups in total. The highest BCUT2D eigenvalue weighted by Gasteiger charge is 2.31. The fourth-order valence-corrected chi connectivity index (χ4v) is 6.48. The summed E-state index contributed by atoms with van der Waals surface area (Å²) in [5.41, 5.74) is 3.82. The average Bonchev–Trinajstić information content (AvgIpc) is 3.05. The van der Waals surface area contributed by atoms with Gasteiger partial charge in [0.1, 0.15) is 11.8 Å². The molecule has 0 saturated heterocycles. The van der Waals surface area contributed by atoms with Gasteiger partial charge < -0.3 is 15.0 Å². The standard InChI is InChI=1S/C35H43N3O5S/c1-3-37-44(41,42)32-21-16-28(17-22-32)18-23-33(39)38(26-29-14-19-31(43-2)20-15-29)34(30-12-8-5-9-13-30)35(40)36-25-24-27-10-6-4-7-11-27/h5,8-10,12-17,19-22,34,37H,3-4,6-7,11,18,23-26H2,1-2H3,(H,36,40)/t34-/m1/s1. The van der Waals surface area contributed by atoms with Crippen LogP contribution in [0.2, 0.25) is 0 Å². The third-order valence-corrected chi connectivity index (χ3v) is 9.40. The van der Waals surface area contributed by atoms with Crippen molar-refractivity contribution < 1.29 is 22.7 Å². The minimum absolute atomic E-state index is 0.152. The summed E-state index contributed by atoms with van der Waals surface area (Å²) in [5, 5.41) is 3.12. The fraction of sp³-hybridized carbons (Fsp3) is 0.371. The van der Waals surface area contributed by atoms with Gasteiger partial charge in [-0.1, -0.05) is 73.2 Å². The average molecular weight is 618 g/mol. The molecule has 9 heteroatoms. The molecule has 3 aromatic carbocycles. The van der Waals surface area contributed by atoms with E-state index in [4.69, 9.17) is 4.74 Å². The molecule has 8 nitrogen and oxygen atoms in total. The number of carbonyl (C=O) groups is 2. The maximum Gasteiger partial charge on any atom is 0.247 e. The summed E-state index contributed by atoms with van der Waals surface area (Å²) in [6.45, 7) is 2.78. The van der Waals surface area contributed by atoms with Crippen molar-refractivity contribution >= 4 is 21.8 Å². The van der Waals surface area contributed by atoms with E-state index in [0.717, 1.165) is 36.0 Å². The number of ether oxygens (including phenoxy) is 1. The van der Waals surface area contributed by atoms with Crippen LogP contribution < -0.4 is 14.8 Å². The lowest BCUT2D eigenvalue weighted by molar-refractivity contribution is -0.141. The minimum atomic E-state index is -3.56. The zero-order chi connectivity index (χ0) is 31.4. The number of methoxy groups -OCH3 is 1. The van der Waals surface area contributed by atoms with E-state index in [0.29, 0.717) is 25.3 Å². The van der Waals surface area contributed by atoms with Gasteiger partial charge in [0.2, 0.25) is 21.8 Å². The first-order valence-electron chi connectivity index (χ1n) is 15.3. The van der Waals surface area contributed by atoms with Crippen molar-refractivity contribution in [2.75, 3.05) is 20.2 Å². The first-order valence-corrected chi connectivity index (χ1v) is 16.8. The lowest BCUT2D eigenvalue weighted by atomic mass is 9.97. The molecule has 2 amide bonds. The number of amides is 2. The summed E-state index contributed by atoms with van der Waals surface area (Å²) in [5.74, 6) is 0.317. The largest absolute Gasteiger partial charge is 0.497 e. The maximum absolute atomic E-state index is 14.0. The highest BCUT2D eigenvalue weighted by molar-refractivity contribution is 7.89. The Hall–Kier alpha value is -3.95. The predicted molar refractivity (Wildman–Crippen MR) is 173 cm³/mol. The molecule has 1 aliphatic carbocycles. The van der Waals surface area contributed by atoms with E-state index in [2.05, 4.69) is 16.1 Å². The number of rotatable bonds is 15. The van der Waals surface area contributed by atoms with Crippen LogP contribution in [0.5, 0.6) is 5.75 Å². The third kappa shape index (κ3) is 9.27. The van der Waals surface area contributed by atoms with Gasteiger partial charge in [-0.2, -0.15) is 0 Å². The molecule has 0 aromatic heterocycles. The van der Waals surface area contributed by atoms with Gasteiger partial charge in [0, 0.05) is 26.1 Å². The highest BCUT2D eigenvalue weighted by Crippen LogP contribution is 2.26. The van der Waals surface area contributed by atoms with Crippen molar-refractivity contribution in [2.45, 2.75) is 69.4 Å². The van der Waals surface area contributed by atoms with Gasteiger partial charge in [-0.25, -0.2) is 13.1 Å². The molecule has 0 bridgehead atoms. The summed E-state index contributed by atoms with van der Waals surface area (Å²) < 4.78 is 32.5. The molecule has 0 unspecified atom stereocenters. The Labute approximate surface area is 261 Å². The van der Waals surface area contributed by atoms with Gasteiger partial charge >= 0.3 is 0 Å². The quantitative estimate of drug-likeness (QED) is 0.213. The van der Waals surface area contributed by atoms with Crippen LogP contribution >= 0.6 is 0 Å². The smallest absolute Gasteiger partial charge is 0.247 e. The number of sulfonamides is 1. The van der Waals surface area contributed by atoms with Crippen molar-refractivity contribution in [1.29, 1.82) is 0 Å². The van der Waals surface area contributed by atoms with E-state index in [1.807, 2.05) is 54.6 Å². The van der Waals surface area contributed by atoms with Gasteiger partial charge in [-0.3, -0.25) is 9.59 Å². The second-order valence-corrected chi connectivity index (χ2v) is 12.7. The van der Waals surface area contributed by atoms with E-state index < -0.39 is 16.1 Å². The van der Waals surface area contributed by atoms with E-state index in [1.54, 1.807) is 43.2 Å². The Morgan fingerprint density at radius 1 is 0.909 bits per heavy atom. The zero-order valence-electron chi connectivity index (χ0n) is 25.6. The van der Waals surface area contributed by atoms with Crippen LogP contribution in [-0.2, 0) is 32.6 Å². The van der Waals surface area contributed by atoms with Crippen LogP contribution in [0.4, 0.5) is 0 Å². The first-order chi connectivity index (χ1) is 21.3. The number of aryl methyl sites for hydroxylation is 1. The predicted octanol–water partition coefficient (Wildman–Crippen LogP) is 5.70. The summed E-state index contributed by atoms with van der Waals surface area (Å²) >= 11 is 0. The van der Waals surface area contributed by atoms with Crippen LogP contribution in [0.15, 0.2) is 95.4 Å². The van der Waals surface area contributed by atoms with Gasteiger partial charge in [0.05, 0.1) is 12.0 Å². The number of hydrogen-bond acceptors (Lipinski definition) is 5. The summed E-state index contributed by atoms with van der Waals surface area (Å²) in [4.78, 5) is 29.7. The molecule has 3 aromatic rings. The second kappa shape index (κ2) is 16.2. The lowest BCUT2D eigenvalue weighted by Crippen LogP contribution is -2.43. The van der Waals surface area contributed by atoms with Crippen LogP contribution in [0.3, 0.4) is 0 Å². The Kier molecular flexibility index (Phi) is 12.1. The summed E-state index contributed by atoms with van der Waals surface area (Å²) in [6.07, 6.45) is 8.20. The maximum atomic E-state index is 14.0. The third-order valence-electron chi connectivity index (χ3n) is 7.83. The van der Waals surface area contributed by atoms with Gasteiger partial charge in [-0.05, 0) is 79.5 Å². The first kappa shape index (κ1) is 33.0. The normalized spacial score (nSPS) is 13.9. The van der Waals surface area contributed by atoms with Crippen molar-refractivity contribution in [1.82, 2.24) is 14.9 Å². The molecular weight excluding hydrogens is 574 g/mol. The molecule has 44 heavy (non-hydrogen) atoms. The van der Waals surface area contributed by atoms with Crippen LogP contribution in [0, 0.1) is 0 Å². The monoisotopic (exact) mass is 617 g/mol. The number of carbonyl (C=O) groups excluding carboxylic acids is 2. The SMILES string of the molecule is CCNS(=O)(=O)c1ccc(CCC(=O)N(Cc2ccc(OC)cc2)[C@@H](C(=O)NCCC2=CCCCC2)c2ccccc2)cc1.